The summed E-state index contributed by atoms with van der Waals surface area (Å²) in [6.07, 6.45) is 1.44. The van der Waals surface area contributed by atoms with Crippen LogP contribution in [-0.2, 0) is 9.59 Å². The van der Waals surface area contributed by atoms with Gasteiger partial charge in [0.1, 0.15) is 5.75 Å². The zero-order valence-electron chi connectivity index (χ0n) is 13.5. The van der Waals surface area contributed by atoms with Crippen LogP contribution in [-0.4, -0.2) is 65.0 Å². The number of phenols is 1. The summed E-state index contributed by atoms with van der Waals surface area (Å²) in [6, 6.07) is 2.91. The number of phenolic OH excluding ortho intramolecular Hbond substituents is 1. The molecule has 2 amide bonds. The smallest absolute Gasteiger partial charge is 0.237 e. The average molecular weight is 384 g/mol. The number of amides is 2. The zero-order chi connectivity index (χ0) is 17.7. The van der Waals surface area contributed by atoms with E-state index in [1.165, 1.54) is 6.07 Å². The quantitative estimate of drug-likeness (QED) is 0.813. The minimum Gasteiger partial charge on any atom is -0.508 e. The van der Waals surface area contributed by atoms with Gasteiger partial charge in [-0.25, -0.2) is 0 Å². The Kier molecular flexibility index (Phi) is 4.30. The molecule has 2 N–H and O–H groups in total. The fraction of sp³-hybridized carbons (Fsp3) is 0.529. The number of nitrogens with zero attached hydrogens (tertiary/aromatic N) is 2. The van der Waals surface area contributed by atoms with Crippen molar-refractivity contribution >= 4 is 35.0 Å². The highest BCUT2D eigenvalue weighted by molar-refractivity contribution is 6.42. The van der Waals surface area contributed by atoms with Crippen LogP contribution < -0.4 is 5.32 Å². The number of hydrogen-bond acceptors (Lipinski definition) is 4. The molecule has 0 spiro atoms. The minimum atomic E-state index is -0.215. The van der Waals surface area contributed by atoms with Crippen molar-refractivity contribution in [1.29, 1.82) is 0 Å². The van der Waals surface area contributed by atoms with Crippen LogP contribution >= 0.6 is 23.2 Å². The molecule has 3 aliphatic heterocycles. The lowest BCUT2D eigenvalue weighted by Gasteiger charge is -2.39. The van der Waals surface area contributed by atoms with Crippen molar-refractivity contribution in [3.05, 3.63) is 27.7 Å². The van der Waals surface area contributed by atoms with Gasteiger partial charge < -0.3 is 15.3 Å². The van der Waals surface area contributed by atoms with Crippen LogP contribution in [0.15, 0.2) is 12.1 Å². The number of carbonyl (C=O) groups excluding carboxylic acids is 2. The molecule has 0 aromatic heterocycles. The molecule has 8 heteroatoms. The number of nitrogens with one attached hydrogen (secondary N) is 1. The first-order valence-corrected chi connectivity index (χ1v) is 9.19. The lowest BCUT2D eigenvalue weighted by atomic mass is 9.95. The molecule has 1 unspecified atom stereocenters. The summed E-state index contributed by atoms with van der Waals surface area (Å²) in [6.45, 7) is 2.11. The SMILES string of the molecule is O=C1NCCC1N1CC(=O)N2C[C@@H](c3c(O)ccc(Cl)c3Cl)C[C@H]2C1. The largest absolute Gasteiger partial charge is 0.508 e. The molecule has 0 radical (unpaired) electrons. The lowest BCUT2D eigenvalue weighted by molar-refractivity contribution is -0.140. The van der Waals surface area contributed by atoms with E-state index in [4.69, 9.17) is 23.2 Å². The van der Waals surface area contributed by atoms with E-state index >= 15 is 0 Å². The molecular weight excluding hydrogens is 365 g/mol. The predicted octanol–water partition coefficient (Wildman–Crippen LogP) is 1.59. The molecule has 1 aromatic rings. The minimum absolute atomic E-state index is 0.00586. The number of carbonyl (C=O) groups is 2. The second-order valence-corrected chi connectivity index (χ2v) is 7.74. The normalized spacial score (nSPS) is 29.8. The predicted molar refractivity (Wildman–Crippen MR) is 94.0 cm³/mol. The highest BCUT2D eigenvalue weighted by Gasteiger charge is 2.45. The third kappa shape index (κ3) is 2.86. The summed E-state index contributed by atoms with van der Waals surface area (Å²) < 4.78 is 0. The Morgan fingerprint density at radius 2 is 2.00 bits per heavy atom. The molecule has 3 heterocycles. The highest BCUT2D eigenvalue weighted by atomic mass is 35.5. The van der Waals surface area contributed by atoms with E-state index in [-0.39, 0.29) is 42.1 Å². The summed E-state index contributed by atoms with van der Waals surface area (Å²) in [5, 5.41) is 13.8. The average Bonchev–Trinajstić information content (AvgIpc) is 3.18. The molecule has 0 bridgehead atoms. The van der Waals surface area contributed by atoms with Crippen molar-refractivity contribution in [3.63, 3.8) is 0 Å². The maximum atomic E-state index is 12.6. The molecule has 0 saturated carbocycles. The summed E-state index contributed by atoms with van der Waals surface area (Å²) >= 11 is 12.4. The number of aromatic hydroxyl groups is 1. The van der Waals surface area contributed by atoms with Crippen molar-refractivity contribution in [3.8, 4) is 5.75 Å². The van der Waals surface area contributed by atoms with Gasteiger partial charge >= 0.3 is 0 Å². The fourth-order valence-electron chi connectivity index (χ4n) is 4.32. The Labute approximate surface area is 155 Å². The summed E-state index contributed by atoms with van der Waals surface area (Å²) in [5.41, 5.74) is 0.613. The van der Waals surface area contributed by atoms with E-state index in [1.807, 2.05) is 9.80 Å². The number of fused-ring (bicyclic) bond motifs is 1. The molecule has 134 valence electrons. The Balaban J connectivity index is 1.56. The van der Waals surface area contributed by atoms with Gasteiger partial charge in [0.25, 0.3) is 0 Å². The van der Waals surface area contributed by atoms with Crippen molar-refractivity contribution in [2.45, 2.75) is 30.8 Å². The number of benzene rings is 1. The maximum Gasteiger partial charge on any atom is 0.237 e. The molecule has 3 saturated heterocycles. The van der Waals surface area contributed by atoms with E-state index in [2.05, 4.69) is 5.32 Å². The summed E-state index contributed by atoms with van der Waals surface area (Å²) in [5.74, 6) is 0.0821. The fourth-order valence-corrected chi connectivity index (χ4v) is 4.79. The Morgan fingerprint density at radius 1 is 1.20 bits per heavy atom. The lowest BCUT2D eigenvalue weighted by Crippen LogP contribution is -2.57. The van der Waals surface area contributed by atoms with Crippen LogP contribution in [0.4, 0.5) is 0 Å². The first kappa shape index (κ1) is 16.9. The third-order valence-electron chi connectivity index (χ3n) is 5.50. The van der Waals surface area contributed by atoms with Gasteiger partial charge in [-0.1, -0.05) is 23.2 Å². The van der Waals surface area contributed by atoms with E-state index < -0.39 is 0 Å². The molecule has 1 aromatic carbocycles. The number of hydrogen-bond donors (Lipinski definition) is 2. The Hall–Kier alpha value is -1.50. The van der Waals surface area contributed by atoms with Gasteiger partial charge in [-0.2, -0.15) is 0 Å². The molecule has 3 fully saturated rings. The van der Waals surface area contributed by atoms with Gasteiger partial charge in [0.15, 0.2) is 0 Å². The van der Waals surface area contributed by atoms with Crippen LogP contribution in [0.25, 0.3) is 0 Å². The van der Waals surface area contributed by atoms with Gasteiger partial charge in [-0.05, 0) is 25.0 Å². The molecule has 6 nitrogen and oxygen atoms in total. The molecular formula is C17H19Cl2N3O3. The summed E-state index contributed by atoms with van der Waals surface area (Å²) in [7, 11) is 0. The Morgan fingerprint density at radius 3 is 2.72 bits per heavy atom. The van der Waals surface area contributed by atoms with Crippen molar-refractivity contribution in [2.75, 3.05) is 26.2 Å². The Bertz CT molecular complexity index is 742. The topological polar surface area (TPSA) is 72.9 Å². The maximum absolute atomic E-state index is 12.6. The molecule has 0 aliphatic carbocycles. The molecule has 25 heavy (non-hydrogen) atoms. The van der Waals surface area contributed by atoms with Gasteiger partial charge in [0.05, 0.1) is 22.6 Å². The van der Waals surface area contributed by atoms with E-state index in [9.17, 15) is 14.7 Å². The molecule has 3 atom stereocenters. The van der Waals surface area contributed by atoms with E-state index in [0.29, 0.717) is 41.7 Å². The van der Waals surface area contributed by atoms with Crippen molar-refractivity contribution < 1.29 is 14.7 Å². The first-order chi connectivity index (χ1) is 12.0. The summed E-state index contributed by atoms with van der Waals surface area (Å²) in [4.78, 5) is 28.4. The third-order valence-corrected chi connectivity index (χ3v) is 6.32. The van der Waals surface area contributed by atoms with Crippen LogP contribution in [0.3, 0.4) is 0 Å². The standard InChI is InChI=1S/C17H19Cl2N3O3/c18-11-1-2-13(23)15(16(11)19)9-5-10-7-21(8-14(24)22(10)6-9)12-3-4-20-17(12)25/h1-2,9-10,12,23H,3-8H2,(H,20,25)/t9-,10-,12?/m0/s1. The van der Waals surface area contributed by atoms with Gasteiger partial charge in [0.2, 0.25) is 11.8 Å². The van der Waals surface area contributed by atoms with Gasteiger partial charge in [0, 0.05) is 37.2 Å². The number of rotatable bonds is 2. The first-order valence-electron chi connectivity index (χ1n) is 8.43. The second kappa shape index (κ2) is 6.34. The second-order valence-electron chi connectivity index (χ2n) is 6.95. The molecule has 3 aliphatic rings. The molecule has 4 rings (SSSR count). The van der Waals surface area contributed by atoms with Crippen molar-refractivity contribution in [2.24, 2.45) is 0 Å². The van der Waals surface area contributed by atoms with Gasteiger partial charge in [-0.3, -0.25) is 14.5 Å². The van der Waals surface area contributed by atoms with Crippen LogP contribution in [0, 0.1) is 0 Å². The monoisotopic (exact) mass is 383 g/mol. The van der Waals surface area contributed by atoms with Crippen LogP contribution in [0.5, 0.6) is 5.75 Å². The van der Waals surface area contributed by atoms with Gasteiger partial charge in [-0.15, -0.1) is 0 Å². The van der Waals surface area contributed by atoms with Crippen molar-refractivity contribution in [1.82, 2.24) is 15.1 Å². The van der Waals surface area contributed by atoms with Crippen LogP contribution in [0.1, 0.15) is 24.3 Å². The highest BCUT2D eigenvalue weighted by Crippen LogP contribution is 2.43. The number of halogens is 2. The zero-order valence-corrected chi connectivity index (χ0v) is 15.1. The number of piperazine rings is 1. The van der Waals surface area contributed by atoms with E-state index in [1.54, 1.807) is 6.07 Å². The van der Waals surface area contributed by atoms with E-state index in [0.717, 1.165) is 6.42 Å². The van der Waals surface area contributed by atoms with Crippen LogP contribution in [0.2, 0.25) is 10.0 Å².